The average molecular weight is 324 g/mol. The molecule has 0 heterocycles. The van der Waals surface area contributed by atoms with Crippen LogP contribution < -0.4 is 26.2 Å². The van der Waals surface area contributed by atoms with E-state index in [0.717, 1.165) is 0 Å². The minimum absolute atomic E-state index is 0. The van der Waals surface area contributed by atoms with E-state index in [-0.39, 0.29) is 13.2 Å². The zero-order chi connectivity index (χ0) is 18.0. The van der Waals surface area contributed by atoms with Crippen LogP contribution in [0.3, 0.4) is 0 Å². The molecule has 132 valence electrons. The minimum atomic E-state index is -3.92. The van der Waals surface area contributed by atoms with Gasteiger partial charge in [0.2, 0.25) is 0 Å². The molecule has 0 aromatic heterocycles. The van der Waals surface area contributed by atoms with Gasteiger partial charge in [0.15, 0.2) is 0 Å². The molecule has 9 heteroatoms. The summed E-state index contributed by atoms with van der Waals surface area (Å²) in [6.45, 7) is 3.14. The summed E-state index contributed by atoms with van der Waals surface area (Å²) in [5, 5.41) is 23.9. The first kappa shape index (κ1) is 36.7. The van der Waals surface area contributed by atoms with Gasteiger partial charge in [0.05, 0.1) is 52.4 Å². The molecule has 0 bridgehead atoms. The van der Waals surface area contributed by atoms with Gasteiger partial charge in [-0.2, -0.15) is 0 Å². The first-order chi connectivity index (χ1) is 9.07. The summed E-state index contributed by atoms with van der Waals surface area (Å²) in [6, 6.07) is 0. The molecule has 0 aromatic carbocycles. The molecule has 0 aliphatic rings. The van der Waals surface area contributed by atoms with E-state index in [0.29, 0.717) is 6.26 Å². The van der Waals surface area contributed by atoms with Crippen LogP contribution in [0.15, 0.2) is 0 Å². The lowest BCUT2D eigenvalue weighted by Crippen LogP contribution is -2.74. The minimum Gasteiger partial charge on any atom is -0.855 e. The maximum absolute atomic E-state index is 9.08. The molecular formula is C11H37N3O5S. The predicted molar refractivity (Wildman–Crippen MR) is 78.0 cm³/mol. The van der Waals surface area contributed by atoms with Gasteiger partial charge in [0, 0.05) is 6.26 Å². The van der Waals surface area contributed by atoms with Crippen molar-refractivity contribution >= 4 is 10.1 Å². The van der Waals surface area contributed by atoms with E-state index >= 15 is 0 Å². The zero-order valence-corrected chi connectivity index (χ0v) is 15.4. The van der Waals surface area contributed by atoms with Crippen molar-refractivity contribution in [1.29, 1.82) is 0 Å². The van der Waals surface area contributed by atoms with Gasteiger partial charge in [-0.1, -0.05) is 13.8 Å². The second kappa shape index (κ2) is 51.2. The lowest BCUT2D eigenvalue weighted by Gasteiger charge is -1.90. The first-order valence-corrected chi connectivity index (χ1v) is 8.18. The lowest BCUT2D eigenvalue weighted by atomic mass is 10.9. The summed E-state index contributed by atoms with van der Waals surface area (Å²) in [4.78, 5) is 0. The van der Waals surface area contributed by atoms with Gasteiger partial charge in [0.1, 0.15) is 0 Å². The Morgan fingerprint density at radius 1 is 0.750 bits per heavy atom. The molecule has 0 amide bonds. The number of hydrogen-bond acceptors (Lipinski definition) is 5. The standard InChI is InChI=1S/3C2H7N.2C2H5O.CH4O3S/c3*1-3-2;2*1-2-3;1-5(2,3)4/h3*3H,1-2H3;2*2H2,1H3;1H3,(H,2,3,4)/q;;;2*-1;/p+2. The average Bonchev–Trinajstić information content (AvgIpc) is 2.19. The molecule has 0 saturated heterocycles. The smallest absolute Gasteiger partial charge is 0.0916 e. The van der Waals surface area contributed by atoms with E-state index in [9.17, 15) is 0 Å². The molecule has 0 aromatic rings. The van der Waals surface area contributed by atoms with Crippen molar-refractivity contribution in [2.75, 3.05) is 61.8 Å². The third-order valence-corrected chi connectivity index (χ3v) is 0. The van der Waals surface area contributed by atoms with Crippen molar-refractivity contribution < 1.29 is 39.1 Å². The summed E-state index contributed by atoms with van der Waals surface area (Å²) >= 11 is 0. The lowest BCUT2D eigenvalue weighted by molar-refractivity contribution is -0.597. The normalized spacial score (nSPS) is 7.40. The Bertz CT molecular complexity index is 159. The van der Waals surface area contributed by atoms with Gasteiger partial charge < -0.3 is 30.7 Å². The second-order valence-electron chi connectivity index (χ2n) is 3.01. The molecule has 0 radical (unpaired) electrons. The van der Waals surface area contributed by atoms with Gasteiger partial charge in [-0.15, -0.1) is 13.2 Å². The fraction of sp³-hybridized carbons (Fsp3) is 1.00. The monoisotopic (exact) mass is 323 g/mol. The summed E-state index contributed by atoms with van der Waals surface area (Å²) in [5.41, 5.74) is 0. The summed E-state index contributed by atoms with van der Waals surface area (Å²) in [7, 11) is 8.08. The number of quaternary nitrogens is 3. The van der Waals surface area contributed by atoms with Gasteiger partial charge >= 0.3 is 0 Å². The molecule has 0 saturated carbocycles. The molecule has 0 aliphatic carbocycles. The number of nitrogens with two attached hydrogens (primary N) is 3. The SMILES string of the molecule is CC[O-].CC[O-].CS(=O)(=O)[O-].C[NH2+]C.C[NH2+]C.C[NH2+]C. The Hall–Kier alpha value is -0.290. The highest BCUT2D eigenvalue weighted by Crippen LogP contribution is 1.59. The molecule has 20 heavy (non-hydrogen) atoms. The highest BCUT2D eigenvalue weighted by atomic mass is 32.2. The van der Waals surface area contributed by atoms with Crippen molar-refractivity contribution in [3.05, 3.63) is 0 Å². The second-order valence-corrected chi connectivity index (χ2v) is 4.42. The fourth-order valence-corrected chi connectivity index (χ4v) is 0. The maximum atomic E-state index is 9.08. The number of rotatable bonds is 0. The maximum Gasteiger partial charge on any atom is 0.0916 e. The predicted octanol–water partition coefficient (Wildman–Crippen LogP) is -5.68. The molecule has 0 rings (SSSR count). The third-order valence-electron chi connectivity index (χ3n) is 0. The van der Waals surface area contributed by atoms with Gasteiger partial charge in [-0.05, 0) is 0 Å². The van der Waals surface area contributed by atoms with Crippen molar-refractivity contribution in [3.63, 3.8) is 0 Å². The highest BCUT2D eigenvalue weighted by Gasteiger charge is 1.65. The third kappa shape index (κ3) is 58800. The van der Waals surface area contributed by atoms with Crippen molar-refractivity contribution in [3.8, 4) is 0 Å². The van der Waals surface area contributed by atoms with Crippen LogP contribution in [-0.2, 0) is 10.1 Å². The Morgan fingerprint density at radius 2 is 0.750 bits per heavy atom. The summed E-state index contributed by atoms with van der Waals surface area (Å²) in [5.74, 6) is 0. The van der Waals surface area contributed by atoms with E-state index in [1.54, 1.807) is 13.8 Å². The van der Waals surface area contributed by atoms with Crippen LogP contribution in [0.4, 0.5) is 0 Å². The summed E-state index contributed by atoms with van der Waals surface area (Å²) < 4.78 is 27.2. The van der Waals surface area contributed by atoms with Crippen molar-refractivity contribution in [2.45, 2.75) is 13.8 Å². The molecule has 0 fully saturated rings. The molecule has 0 aliphatic heterocycles. The number of hydrogen-bond donors (Lipinski definition) is 3. The molecule has 0 atom stereocenters. The van der Waals surface area contributed by atoms with Crippen LogP contribution in [-0.4, -0.2) is 74.7 Å². The van der Waals surface area contributed by atoms with Crippen LogP contribution in [0.25, 0.3) is 0 Å². The molecule has 6 N–H and O–H groups in total. The van der Waals surface area contributed by atoms with E-state index in [1.807, 2.05) is 58.2 Å². The largest absolute Gasteiger partial charge is 0.855 e. The van der Waals surface area contributed by atoms with E-state index < -0.39 is 10.1 Å². The molecule has 0 spiro atoms. The zero-order valence-electron chi connectivity index (χ0n) is 14.6. The van der Waals surface area contributed by atoms with Gasteiger partial charge in [-0.25, -0.2) is 8.42 Å². The van der Waals surface area contributed by atoms with E-state index in [4.69, 9.17) is 23.2 Å². The molecule has 0 unspecified atom stereocenters. The van der Waals surface area contributed by atoms with E-state index in [2.05, 4.69) is 0 Å². The Morgan fingerprint density at radius 3 is 0.750 bits per heavy atom. The van der Waals surface area contributed by atoms with E-state index in [1.165, 1.54) is 0 Å². The summed E-state index contributed by atoms with van der Waals surface area (Å²) in [6.07, 6.45) is 0.604. The quantitative estimate of drug-likeness (QED) is 0.379. The van der Waals surface area contributed by atoms with Gasteiger partial charge in [-0.3, -0.25) is 0 Å². The topological polar surface area (TPSA) is 153 Å². The Kier molecular flexibility index (Phi) is 93.9. The van der Waals surface area contributed by atoms with Crippen LogP contribution in [0.5, 0.6) is 0 Å². The Labute approximate surface area is 125 Å². The van der Waals surface area contributed by atoms with Crippen LogP contribution in [0, 0.1) is 0 Å². The first-order valence-electron chi connectivity index (χ1n) is 6.36. The van der Waals surface area contributed by atoms with Crippen molar-refractivity contribution in [2.24, 2.45) is 0 Å². The van der Waals surface area contributed by atoms with Crippen LogP contribution in [0.1, 0.15) is 13.8 Å². The fourth-order valence-electron chi connectivity index (χ4n) is 0. The molecular weight excluding hydrogens is 286 g/mol. The highest BCUT2D eigenvalue weighted by molar-refractivity contribution is 7.84. The van der Waals surface area contributed by atoms with Crippen LogP contribution >= 0.6 is 0 Å². The Balaban J connectivity index is -0.0000000299. The van der Waals surface area contributed by atoms with Crippen LogP contribution in [0.2, 0.25) is 0 Å². The van der Waals surface area contributed by atoms with Crippen molar-refractivity contribution in [1.82, 2.24) is 0 Å². The van der Waals surface area contributed by atoms with Gasteiger partial charge in [0.25, 0.3) is 0 Å². The molecule has 8 nitrogen and oxygen atoms in total.